The van der Waals surface area contributed by atoms with Gasteiger partial charge in [0.05, 0.1) is 16.7 Å². The predicted molar refractivity (Wildman–Crippen MR) is 231 cm³/mol. The molecule has 57 heavy (non-hydrogen) atoms. The number of benzene rings is 7. The standard InChI is InChI=1S/C51H32N4O2/c1-2-9-34(10-3-1)42-32-46(53-45-13-8-30-52-50(42)45)35-18-25-39(26-19-35)55(40-27-20-36(21-28-40)51-54-44-12-5-7-15-49(44)57-51)38-23-16-33(17-24-38)37-22-29-48-43(31-37)41-11-4-6-14-47(41)56-48/h1-32H. The third-order valence-electron chi connectivity index (χ3n) is 10.6. The van der Waals surface area contributed by atoms with Gasteiger partial charge in [-0.3, -0.25) is 4.98 Å². The van der Waals surface area contributed by atoms with Crippen LogP contribution in [0.25, 0.3) is 89.0 Å². The molecule has 7 aromatic carbocycles. The van der Waals surface area contributed by atoms with E-state index in [0.717, 1.165) is 100 Å². The van der Waals surface area contributed by atoms with Crippen LogP contribution in [0.15, 0.2) is 203 Å². The molecular weight excluding hydrogens is 701 g/mol. The lowest BCUT2D eigenvalue weighted by molar-refractivity contribution is 0.620. The van der Waals surface area contributed by atoms with Gasteiger partial charge >= 0.3 is 0 Å². The molecule has 0 radical (unpaired) electrons. The van der Waals surface area contributed by atoms with Gasteiger partial charge in [0.15, 0.2) is 5.58 Å². The molecule has 4 heterocycles. The van der Waals surface area contributed by atoms with Crippen LogP contribution in [0.2, 0.25) is 0 Å². The zero-order valence-electron chi connectivity index (χ0n) is 30.6. The lowest BCUT2D eigenvalue weighted by atomic mass is 10.0. The first-order valence-corrected chi connectivity index (χ1v) is 18.9. The first kappa shape index (κ1) is 32.6. The zero-order chi connectivity index (χ0) is 37.7. The molecule has 11 rings (SSSR count). The van der Waals surface area contributed by atoms with Crippen LogP contribution in [0.3, 0.4) is 0 Å². The second-order valence-corrected chi connectivity index (χ2v) is 14.1. The third-order valence-corrected chi connectivity index (χ3v) is 10.6. The van der Waals surface area contributed by atoms with Gasteiger partial charge in [-0.15, -0.1) is 0 Å². The third kappa shape index (κ3) is 5.88. The largest absolute Gasteiger partial charge is 0.456 e. The monoisotopic (exact) mass is 732 g/mol. The van der Waals surface area contributed by atoms with Crippen molar-refractivity contribution in [1.29, 1.82) is 0 Å². The van der Waals surface area contributed by atoms with Crippen LogP contribution in [-0.2, 0) is 0 Å². The number of nitrogens with zero attached hydrogens (tertiary/aromatic N) is 4. The molecule has 0 spiro atoms. The summed E-state index contributed by atoms with van der Waals surface area (Å²) in [6.07, 6.45) is 1.82. The van der Waals surface area contributed by atoms with Gasteiger partial charge in [-0.2, -0.15) is 0 Å². The molecule has 4 aromatic heterocycles. The van der Waals surface area contributed by atoms with E-state index in [4.69, 9.17) is 23.8 Å². The lowest BCUT2D eigenvalue weighted by Gasteiger charge is -2.26. The zero-order valence-corrected chi connectivity index (χ0v) is 30.6. The number of oxazole rings is 1. The lowest BCUT2D eigenvalue weighted by Crippen LogP contribution is -2.09. The minimum Gasteiger partial charge on any atom is -0.456 e. The van der Waals surface area contributed by atoms with E-state index in [1.54, 1.807) is 0 Å². The summed E-state index contributed by atoms with van der Waals surface area (Å²) in [6, 6.07) is 64.6. The van der Waals surface area contributed by atoms with Crippen LogP contribution in [0.4, 0.5) is 17.1 Å². The van der Waals surface area contributed by atoms with Crippen molar-refractivity contribution in [3.63, 3.8) is 0 Å². The highest BCUT2D eigenvalue weighted by molar-refractivity contribution is 6.06. The molecule has 0 aliphatic carbocycles. The fourth-order valence-corrected chi connectivity index (χ4v) is 7.73. The summed E-state index contributed by atoms with van der Waals surface area (Å²) in [5.41, 5.74) is 15.4. The van der Waals surface area contributed by atoms with Gasteiger partial charge in [-0.1, -0.05) is 91.0 Å². The topological polar surface area (TPSA) is 68.2 Å². The highest BCUT2D eigenvalue weighted by Crippen LogP contribution is 2.39. The number of rotatable bonds is 7. The average molecular weight is 733 g/mol. The van der Waals surface area contributed by atoms with Crippen molar-refractivity contribution in [1.82, 2.24) is 15.0 Å². The highest BCUT2D eigenvalue weighted by Gasteiger charge is 2.17. The molecule has 0 unspecified atom stereocenters. The Kier molecular flexibility index (Phi) is 7.71. The summed E-state index contributed by atoms with van der Waals surface area (Å²) in [6.45, 7) is 0. The smallest absolute Gasteiger partial charge is 0.227 e. The van der Waals surface area contributed by atoms with Gasteiger partial charge < -0.3 is 13.7 Å². The molecule has 6 heteroatoms. The number of fused-ring (bicyclic) bond motifs is 5. The SMILES string of the molecule is c1ccc(-c2cc(-c3ccc(N(c4ccc(-c5ccc6oc7ccccc7c6c5)cc4)c4ccc(-c5nc6ccccc6o5)cc4)cc3)nc3cccnc23)cc1. The number of furan rings is 1. The van der Waals surface area contributed by atoms with E-state index in [0.29, 0.717) is 5.89 Å². The molecule has 0 atom stereocenters. The molecule has 11 aromatic rings. The fourth-order valence-electron chi connectivity index (χ4n) is 7.73. The van der Waals surface area contributed by atoms with Crippen molar-refractivity contribution in [2.75, 3.05) is 4.90 Å². The summed E-state index contributed by atoms with van der Waals surface area (Å²) < 4.78 is 12.2. The molecule has 0 saturated heterocycles. The molecule has 0 aliphatic rings. The summed E-state index contributed by atoms with van der Waals surface area (Å²) in [5.74, 6) is 0.596. The van der Waals surface area contributed by atoms with E-state index < -0.39 is 0 Å². The number of para-hydroxylation sites is 3. The van der Waals surface area contributed by atoms with E-state index >= 15 is 0 Å². The summed E-state index contributed by atoms with van der Waals surface area (Å²) in [4.78, 5) is 16.7. The van der Waals surface area contributed by atoms with Crippen molar-refractivity contribution in [3.05, 3.63) is 194 Å². The highest BCUT2D eigenvalue weighted by atomic mass is 16.3. The van der Waals surface area contributed by atoms with Crippen molar-refractivity contribution in [2.24, 2.45) is 0 Å². The van der Waals surface area contributed by atoms with Crippen molar-refractivity contribution in [3.8, 4) is 45.0 Å². The van der Waals surface area contributed by atoms with Crippen molar-refractivity contribution < 1.29 is 8.83 Å². The molecule has 0 fully saturated rings. The van der Waals surface area contributed by atoms with E-state index in [-0.39, 0.29) is 0 Å². The number of hydrogen-bond donors (Lipinski definition) is 0. The van der Waals surface area contributed by atoms with Crippen LogP contribution in [0.1, 0.15) is 0 Å². The van der Waals surface area contributed by atoms with Gasteiger partial charge in [-0.05, 0) is 114 Å². The second kappa shape index (κ2) is 13.5. The van der Waals surface area contributed by atoms with Crippen LogP contribution in [-0.4, -0.2) is 15.0 Å². The van der Waals surface area contributed by atoms with Gasteiger partial charge in [0.2, 0.25) is 5.89 Å². The molecule has 0 amide bonds. The Bertz CT molecular complexity index is 3190. The molecule has 0 aliphatic heterocycles. The van der Waals surface area contributed by atoms with Gasteiger partial charge in [0.25, 0.3) is 0 Å². The van der Waals surface area contributed by atoms with Crippen LogP contribution in [0, 0.1) is 0 Å². The molecule has 0 bridgehead atoms. The molecule has 6 nitrogen and oxygen atoms in total. The Balaban J connectivity index is 0.980. The minimum atomic E-state index is 0.596. The maximum Gasteiger partial charge on any atom is 0.227 e. The molecule has 268 valence electrons. The number of aromatic nitrogens is 3. The number of hydrogen-bond acceptors (Lipinski definition) is 6. The Hall–Kier alpha value is -7.83. The van der Waals surface area contributed by atoms with Crippen molar-refractivity contribution >= 4 is 61.1 Å². The first-order valence-electron chi connectivity index (χ1n) is 18.9. The van der Waals surface area contributed by atoms with Crippen molar-refractivity contribution in [2.45, 2.75) is 0 Å². The van der Waals surface area contributed by atoms with Crippen LogP contribution in [0.5, 0.6) is 0 Å². The van der Waals surface area contributed by atoms with Crippen LogP contribution < -0.4 is 4.90 Å². The number of pyridine rings is 2. The Morgan fingerprint density at radius 1 is 0.386 bits per heavy atom. The fraction of sp³-hybridized carbons (Fsp3) is 0. The average Bonchev–Trinajstić information content (AvgIpc) is 3.89. The quantitative estimate of drug-likeness (QED) is 0.162. The van der Waals surface area contributed by atoms with E-state index in [9.17, 15) is 0 Å². The van der Waals surface area contributed by atoms with Crippen LogP contribution >= 0.6 is 0 Å². The normalized spacial score (nSPS) is 11.5. The summed E-state index contributed by atoms with van der Waals surface area (Å²) in [5, 5.41) is 2.23. The summed E-state index contributed by atoms with van der Waals surface area (Å²) in [7, 11) is 0. The Morgan fingerprint density at radius 3 is 1.75 bits per heavy atom. The Morgan fingerprint density at radius 2 is 1.00 bits per heavy atom. The molecule has 0 saturated carbocycles. The predicted octanol–water partition coefficient (Wildman–Crippen LogP) is 13.8. The van der Waals surface area contributed by atoms with Gasteiger partial charge in [0.1, 0.15) is 16.7 Å². The van der Waals surface area contributed by atoms with E-state index in [1.165, 1.54) is 0 Å². The van der Waals surface area contributed by atoms with E-state index in [2.05, 4.69) is 138 Å². The second-order valence-electron chi connectivity index (χ2n) is 14.1. The minimum absolute atomic E-state index is 0.596. The maximum atomic E-state index is 6.10. The first-order chi connectivity index (χ1) is 28.2. The van der Waals surface area contributed by atoms with Gasteiger partial charge in [-0.25, -0.2) is 9.97 Å². The van der Waals surface area contributed by atoms with Gasteiger partial charge in [0, 0.05) is 50.7 Å². The maximum absolute atomic E-state index is 6.10. The summed E-state index contributed by atoms with van der Waals surface area (Å²) >= 11 is 0. The molecule has 0 N–H and O–H groups in total. The molecular formula is C51H32N4O2. The Labute approximate surface area is 328 Å². The van der Waals surface area contributed by atoms with E-state index in [1.807, 2.05) is 60.8 Å². The number of anilines is 3.